The lowest BCUT2D eigenvalue weighted by atomic mass is 9.82. The van der Waals surface area contributed by atoms with Crippen molar-refractivity contribution >= 4 is 5.97 Å². The van der Waals surface area contributed by atoms with Crippen LogP contribution in [0.15, 0.2) is 12.2 Å². The summed E-state index contributed by atoms with van der Waals surface area (Å²) in [6.45, 7) is 0.360. The van der Waals surface area contributed by atoms with Gasteiger partial charge in [-0.3, -0.25) is 0 Å². The quantitative estimate of drug-likeness (QED) is 0.125. The van der Waals surface area contributed by atoms with Crippen LogP contribution in [0.3, 0.4) is 0 Å². The number of aliphatic carboxylic acids is 1. The fourth-order valence-electron chi connectivity index (χ4n) is 2.95. The predicted molar refractivity (Wildman–Crippen MR) is 96.6 cm³/mol. The van der Waals surface area contributed by atoms with Crippen LogP contribution in [0, 0.1) is 0 Å². The van der Waals surface area contributed by atoms with Gasteiger partial charge in [-0.2, -0.15) is 123 Å². The molecule has 0 bridgehead atoms. The molecular formula is C19H7F29O2. The summed E-state index contributed by atoms with van der Waals surface area (Å²) in [7, 11) is 0. The molecule has 0 spiro atoms. The molecule has 0 amide bonds. The van der Waals surface area contributed by atoms with Crippen LogP contribution in [0.1, 0.15) is 6.92 Å². The van der Waals surface area contributed by atoms with Crippen molar-refractivity contribution in [1.29, 1.82) is 0 Å². The molecule has 50 heavy (non-hydrogen) atoms. The van der Waals surface area contributed by atoms with Crippen molar-refractivity contribution in [2.75, 3.05) is 0 Å². The van der Waals surface area contributed by atoms with E-state index in [0.29, 0.717) is 0 Å². The zero-order valence-corrected chi connectivity index (χ0v) is 22.1. The van der Waals surface area contributed by atoms with Crippen LogP contribution in [0.4, 0.5) is 127 Å². The molecule has 0 radical (unpaired) electrons. The molecule has 1 unspecified atom stereocenters. The molecule has 1 N–H and O–H groups in total. The van der Waals surface area contributed by atoms with E-state index in [1.165, 1.54) is 6.58 Å². The van der Waals surface area contributed by atoms with Crippen molar-refractivity contribution in [2.45, 2.75) is 96.0 Å². The van der Waals surface area contributed by atoms with E-state index in [-0.39, 0.29) is 0 Å². The maximum absolute atomic E-state index is 13.8. The molecule has 298 valence electrons. The van der Waals surface area contributed by atoms with Gasteiger partial charge in [0.1, 0.15) is 5.57 Å². The van der Waals surface area contributed by atoms with Gasteiger partial charge in [-0.05, 0) is 6.92 Å². The maximum Gasteiger partial charge on any atom is 0.385 e. The van der Waals surface area contributed by atoms with Gasteiger partial charge < -0.3 is 5.11 Å². The smallest absolute Gasteiger partial charge is 0.385 e. The van der Waals surface area contributed by atoms with Crippen LogP contribution in [-0.4, -0.2) is 100 Å². The Morgan fingerprint density at radius 1 is 0.400 bits per heavy atom. The Labute approximate surface area is 252 Å². The van der Waals surface area contributed by atoms with Crippen LogP contribution in [0.2, 0.25) is 0 Å². The minimum atomic E-state index is -10.00. The summed E-state index contributed by atoms with van der Waals surface area (Å²) in [6, 6.07) is 0. The monoisotopic (exact) mass is 818 g/mol. The Balaban J connectivity index is 7.67. The van der Waals surface area contributed by atoms with Gasteiger partial charge in [-0.25, -0.2) is 9.18 Å². The summed E-state index contributed by atoms with van der Waals surface area (Å²) in [5.41, 5.74) is -3.76. The second kappa shape index (κ2) is 11.6. The lowest BCUT2D eigenvalue weighted by molar-refractivity contribution is -0.484. The molecule has 1 atom stereocenters. The van der Waals surface area contributed by atoms with E-state index in [1.54, 1.807) is 0 Å². The van der Waals surface area contributed by atoms with E-state index in [4.69, 9.17) is 5.11 Å². The number of carboxylic acids is 1. The van der Waals surface area contributed by atoms with Gasteiger partial charge in [-0.15, -0.1) is 0 Å². The van der Waals surface area contributed by atoms with E-state index >= 15 is 0 Å². The van der Waals surface area contributed by atoms with Gasteiger partial charge >= 0.3 is 88.9 Å². The third-order valence-corrected chi connectivity index (χ3v) is 6.29. The first-order valence-corrected chi connectivity index (χ1v) is 10.9. The van der Waals surface area contributed by atoms with Gasteiger partial charge in [0, 0.05) is 0 Å². The molecule has 0 aromatic carbocycles. The molecule has 0 fully saturated rings. The standard InChI is InChI=1S/C19H7F29O2/c1-3(5(49)50)6(21,22)8(25,26)10(29,30)12(33,34)14(37,38)16(41,42)18(45,46)19(47,48)17(43,44)15(39,40)13(35,36)11(31,32)9(27,28)7(23,24)4(2)20/h4H,1H2,2H3,(H,49,50). The average Bonchev–Trinajstić information content (AvgIpc) is 2.90. The van der Waals surface area contributed by atoms with E-state index in [1.807, 2.05) is 0 Å². The van der Waals surface area contributed by atoms with Crippen LogP contribution in [0.5, 0.6) is 0 Å². The van der Waals surface area contributed by atoms with Crippen molar-refractivity contribution in [2.24, 2.45) is 0 Å². The molecule has 0 aliphatic rings. The predicted octanol–water partition coefficient (Wildman–Crippen LogP) is 9.88. The Kier molecular flexibility index (Phi) is 10.9. The average molecular weight is 818 g/mol. The van der Waals surface area contributed by atoms with Crippen molar-refractivity contribution in [1.82, 2.24) is 0 Å². The minimum Gasteiger partial charge on any atom is -0.478 e. The van der Waals surface area contributed by atoms with E-state index in [0.717, 1.165) is 0 Å². The first-order chi connectivity index (χ1) is 21.0. The highest BCUT2D eigenvalue weighted by molar-refractivity contribution is 5.88. The Morgan fingerprint density at radius 3 is 0.720 bits per heavy atom. The highest BCUT2D eigenvalue weighted by Crippen LogP contribution is 2.69. The van der Waals surface area contributed by atoms with Crippen molar-refractivity contribution in [3.05, 3.63) is 12.2 Å². The highest BCUT2D eigenvalue weighted by atomic mass is 19.4. The summed E-state index contributed by atoms with van der Waals surface area (Å²) in [6.07, 6.45) is -4.95. The van der Waals surface area contributed by atoms with Crippen LogP contribution >= 0.6 is 0 Å². The van der Waals surface area contributed by atoms with Gasteiger partial charge in [0.2, 0.25) is 0 Å². The fraction of sp³-hybridized carbons (Fsp3) is 0.842. The van der Waals surface area contributed by atoms with Gasteiger partial charge in [-0.1, -0.05) is 6.58 Å². The number of halogens is 29. The number of hydrogen-bond donors (Lipinski definition) is 1. The summed E-state index contributed by atoms with van der Waals surface area (Å²) in [5.74, 6) is -133. The lowest BCUT2D eigenvalue weighted by Gasteiger charge is -2.46. The second-order valence-electron chi connectivity index (χ2n) is 9.49. The molecule has 0 aliphatic carbocycles. The first-order valence-electron chi connectivity index (χ1n) is 10.9. The number of alkyl halides is 29. The zero-order chi connectivity index (χ0) is 41.7. The Hall–Kier alpha value is -2.82. The van der Waals surface area contributed by atoms with Crippen molar-refractivity contribution in [3.8, 4) is 0 Å². The molecule has 0 aliphatic heterocycles. The SMILES string of the molecule is C=C(C(=O)O)C(F)(F)C(F)(F)C(F)(F)C(F)(F)C(F)(F)C(F)(F)C(F)(F)C(F)(F)C(F)(F)C(F)(F)C(F)(F)C(F)(F)C(F)(F)C(F)(F)C(C)F. The summed E-state index contributed by atoms with van der Waals surface area (Å²) in [5, 5.41) is 8.07. The number of rotatable bonds is 16. The fourth-order valence-corrected chi connectivity index (χ4v) is 2.95. The summed E-state index contributed by atoms with van der Waals surface area (Å²) < 4.78 is 395. The van der Waals surface area contributed by atoms with E-state index in [9.17, 15) is 132 Å². The van der Waals surface area contributed by atoms with E-state index in [2.05, 4.69) is 0 Å². The number of carboxylic acid groups (broad SMARTS) is 1. The molecular weight excluding hydrogens is 811 g/mol. The van der Waals surface area contributed by atoms with Crippen LogP contribution in [0.25, 0.3) is 0 Å². The number of carbonyl (C=O) groups is 1. The molecule has 0 aromatic heterocycles. The Bertz CT molecular complexity index is 1310. The summed E-state index contributed by atoms with van der Waals surface area (Å²) in [4.78, 5) is 10.3. The Morgan fingerprint density at radius 2 is 0.560 bits per heavy atom. The molecule has 0 heterocycles. The highest BCUT2D eigenvalue weighted by Gasteiger charge is 3.01. The van der Waals surface area contributed by atoms with Gasteiger partial charge in [0.25, 0.3) is 0 Å². The number of hydrogen-bond acceptors (Lipinski definition) is 1. The zero-order valence-electron chi connectivity index (χ0n) is 22.1. The topological polar surface area (TPSA) is 37.3 Å². The molecule has 0 aromatic rings. The first kappa shape index (κ1) is 47.2. The van der Waals surface area contributed by atoms with Gasteiger partial charge in [0.05, 0.1) is 0 Å². The molecule has 2 nitrogen and oxygen atoms in total. The maximum atomic E-state index is 13.8. The molecule has 31 heteroatoms. The third-order valence-electron chi connectivity index (χ3n) is 6.29. The van der Waals surface area contributed by atoms with E-state index < -0.39 is 108 Å². The lowest BCUT2D eigenvalue weighted by Crippen LogP contribution is -2.79. The van der Waals surface area contributed by atoms with Gasteiger partial charge in [0.15, 0.2) is 6.17 Å². The van der Waals surface area contributed by atoms with Crippen molar-refractivity contribution in [3.63, 3.8) is 0 Å². The third kappa shape index (κ3) is 5.20. The molecule has 0 saturated carbocycles. The van der Waals surface area contributed by atoms with Crippen LogP contribution < -0.4 is 0 Å². The molecule has 0 rings (SSSR count). The normalized spacial score (nSPS) is 17.2. The van der Waals surface area contributed by atoms with Crippen molar-refractivity contribution < 1.29 is 137 Å². The minimum absolute atomic E-state index is 0.995. The molecule has 0 saturated heterocycles. The largest absolute Gasteiger partial charge is 0.478 e. The second-order valence-corrected chi connectivity index (χ2v) is 9.49. The summed E-state index contributed by atoms with van der Waals surface area (Å²) >= 11 is 0. The van der Waals surface area contributed by atoms with Crippen LogP contribution in [-0.2, 0) is 4.79 Å².